The van der Waals surface area contributed by atoms with E-state index >= 15 is 0 Å². The van der Waals surface area contributed by atoms with Crippen LogP contribution in [0.5, 0.6) is 0 Å². The molecule has 0 saturated heterocycles. The van der Waals surface area contributed by atoms with Gasteiger partial charge in [-0.05, 0) is 13.0 Å². The van der Waals surface area contributed by atoms with Crippen molar-refractivity contribution in [2.24, 2.45) is 0 Å². The molecule has 0 fully saturated rings. The average molecular weight is 286 g/mol. The minimum Gasteiger partial charge on any atom is -0.481 e. The summed E-state index contributed by atoms with van der Waals surface area (Å²) in [7, 11) is 0. The highest BCUT2D eigenvalue weighted by molar-refractivity contribution is 7.13. The van der Waals surface area contributed by atoms with Crippen molar-refractivity contribution in [1.29, 1.82) is 0 Å². The summed E-state index contributed by atoms with van der Waals surface area (Å²) in [5, 5.41) is 12.7. The van der Waals surface area contributed by atoms with Crippen LogP contribution in [0.2, 0.25) is 0 Å². The Morgan fingerprint density at radius 3 is 2.95 bits per heavy atom. The summed E-state index contributed by atoms with van der Waals surface area (Å²) in [6, 6.07) is 8.21. The highest BCUT2D eigenvalue weighted by Gasteiger charge is 2.13. The summed E-state index contributed by atoms with van der Waals surface area (Å²) in [4.78, 5) is 15.2. The molecule has 0 aliphatic rings. The third kappa shape index (κ3) is 2.20. The Morgan fingerprint density at radius 1 is 1.40 bits per heavy atom. The third-order valence-corrected chi connectivity index (χ3v) is 4.17. The standard InChI is InChI=1S/C15H14N2O2S/c1-2-17-8-12(11-5-3-4-6-13(11)17)15-16-10(9-20-15)7-14(18)19/h3-6,8-9H,2,7H2,1H3,(H,18,19). The molecule has 0 bridgehead atoms. The van der Waals surface area contributed by atoms with Crippen LogP contribution in [-0.4, -0.2) is 20.6 Å². The molecule has 20 heavy (non-hydrogen) atoms. The molecule has 1 aromatic carbocycles. The van der Waals surface area contributed by atoms with Crippen LogP contribution in [0.3, 0.4) is 0 Å². The first kappa shape index (κ1) is 12.9. The van der Waals surface area contributed by atoms with Crippen molar-refractivity contribution < 1.29 is 9.90 Å². The van der Waals surface area contributed by atoms with Crippen LogP contribution in [0.15, 0.2) is 35.8 Å². The lowest BCUT2D eigenvalue weighted by Crippen LogP contribution is -1.99. The van der Waals surface area contributed by atoms with Crippen LogP contribution in [0.1, 0.15) is 12.6 Å². The molecule has 0 aliphatic heterocycles. The summed E-state index contributed by atoms with van der Waals surface area (Å²) in [5.41, 5.74) is 2.87. The molecule has 0 saturated carbocycles. The van der Waals surface area contributed by atoms with Gasteiger partial charge in [-0.15, -0.1) is 11.3 Å². The van der Waals surface area contributed by atoms with Crippen LogP contribution in [0.4, 0.5) is 0 Å². The van der Waals surface area contributed by atoms with Crippen molar-refractivity contribution in [3.05, 3.63) is 41.5 Å². The molecule has 5 heteroatoms. The molecule has 0 unspecified atom stereocenters. The summed E-state index contributed by atoms with van der Waals surface area (Å²) < 4.78 is 2.18. The number of para-hydroxylation sites is 1. The van der Waals surface area contributed by atoms with Crippen molar-refractivity contribution in [1.82, 2.24) is 9.55 Å². The second-order valence-electron chi connectivity index (χ2n) is 4.56. The van der Waals surface area contributed by atoms with Crippen molar-refractivity contribution in [2.75, 3.05) is 0 Å². The lowest BCUT2D eigenvalue weighted by Gasteiger charge is -1.97. The molecule has 0 radical (unpaired) electrons. The van der Waals surface area contributed by atoms with E-state index in [0.29, 0.717) is 5.69 Å². The molecule has 0 spiro atoms. The first-order chi connectivity index (χ1) is 9.69. The number of aromatic nitrogens is 2. The quantitative estimate of drug-likeness (QED) is 0.799. The second-order valence-corrected chi connectivity index (χ2v) is 5.42. The van der Waals surface area contributed by atoms with E-state index in [-0.39, 0.29) is 6.42 Å². The van der Waals surface area contributed by atoms with Gasteiger partial charge in [-0.3, -0.25) is 4.79 Å². The zero-order valence-corrected chi connectivity index (χ0v) is 11.9. The van der Waals surface area contributed by atoms with Crippen LogP contribution < -0.4 is 0 Å². The van der Waals surface area contributed by atoms with E-state index in [1.165, 1.54) is 16.9 Å². The summed E-state index contributed by atoms with van der Waals surface area (Å²) in [6.45, 7) is 3.00. The number of thiazole rings is 1. The molecule has 1 N–H and O–H groups in total. The monoisotopic (exact) mass is 286 g/mol. The van der Waals surface area contributed by atoms with Gasteiger partial charge < -0.3 is 9.67 Å². The topological polar surface area (TPSA) is 55.1 Å². The Morgan fingerprint density at radius 2 is 2.20 bits per heavy atom. The van der Waals surface area contributed by atoms with Gasteiger partial charge in [-0.2, -0.15) is 0 Å². The predicted molar refractivity (Wildman–Crippen MR) is 80.1 cm³/mol. The van der Waals surface area contributed by atoms with E-state index in [0.717, 1.165) is 22.5 Å². The lowest BCUT2D eigenvalue weighted by atomic mass is 10.2. The Bertz CT molecular complexity index is 773. The van der Waals surface area contributed by atoms with Crippen molar-refractivity contribution in [2.45, 2.75) is 19.9 Å². The molecule has 0 atom stereocenters. The molecule has 2 aromatic heterocycles. The zero-order valence-electron chi connectivity index (χ0n) is 11.0. The fourth-order valence-corrected chi connectivity index (χ4v) is 3.19. The maximum absolute atomic E-state index is 10.7. The maximum atomic E-state index is 10.7. The maximum Gasteiger partial charge on any atom is 0.309 e. The van der Waals surface area contributed by atoms with Gasteiger partial charge in [0, 0.05) is 34.6 Å². The number of carboxylic acid groups (broad SMARTS) is 1. The van der Waals surface area contributed by atoms with E-state index in [1.807, 2.05) is 17.5 Å². The van der Waals surface area contributed by atoms with Crippen molar-refractivity contribution in [3.63, 3.8) is 0 Å². The minimum atomic E-state index is -0.849. The number of hydrogen-bond acceptors (Lipinski definition) is 3. The average Bonchev–Trinajstić information content (AvgIpc) is 3.02. The van der Waals surface area contributed by atoms with Gasteiger partial charge in [-0.1, -0.05) is 18.2 Å². The molecule has 0 amide bonds. The van der Waals surface area contributed by atoms with Crippen molar-refractivity contribution >= 4 is 28.2 Å². The molecule has 0 aliphatic carbocycles. The molecule has 4 nitrogen and oxygen atoms in total. The number of carbonyl (C=O) groups is 1. The van der Waals surface area contributed by atoms with Crippen LogP contribution in [-0.2, 0) is 17.8 Å². The van der Waals surface area contributed by atoms with Gasteiger partial charge in [0.2, 0.25) is 0 Å². The van der Waals surface area contributed by atoms with Gasteiger partial charge >= 0.3 is 5.97 Å². The fourth-order valence-electron chi connectivity index (χ4n) is 2.35. The van der Waals surface area contributed by atoms with E-state index in [4.69, 9.17) is 5.11 Å². The predicted octanol–water partition coefficient (Wildman–Crippen LogP) is 3.41. The highest BCUT2D eigenvalue weighted by atomic mass is 32.1. The number of nitrogens with zero attached hydrogens (tertiary/aromatic N) is 2. The Balaban J connectivity index is 2.10. The van der Waals surface area contributed by atoms with E-state index in [9.17, 15) is 4.79 Å². The Hall–Kier alpha value is -2.14. The van der Waals surface area contributed by atoms with E-state index in [2.05, 4.69) is 34.8 Å². The normalized spacial score (nSPS) is 11.1. The van der Waals surface area contributed by atoms with Gasteiger partial charge in [0.05, 0.1) is 12.1 Å². The first-order valence-electron chi connectivity index (χ1n) is 6.43. The Labute approximate surface area is 120 Å². The first-order valence-corrected chi connectivity index (χ1v) is 7.31. The number of aliphatic carboxylic acids is 1. The van der Waals surface area contributed by atoms with Gasteiger partial charge in [0.1, 0.15) is 5.01 Å². The van der Waals surface area contributed by atoms with Gasteiger partial charge in [0.15, 0.2) is 0 Å². The fraction of sp³-hybridized carbons (Fsp3) is 0.200. The number of aryl methyl sites for hydroxylation is 1. The molecule has 2 heterocycles. The molecular weight excluding hydrogens is 272 g/mol. The number of fused-ring (bicyclic) bond motifs is 1. The van der Waals surface area contributed by atoms with Crippen LogP contribution in [0.25, 0.3) is 21.5 Å². The molecular formula is C15H14N2O2S. The number of carboxylic acids is 1. The molecule has 102 valence electrons. The second kappa shape index (κ2) is 5.09. The smallest absolute Gasteiger partial charge is 0.309 e. The van der Waals surface area contributed by atoms with Crippen molar-refractivity contribution in [3.8, 4) is 10.6 Å². The molecule has 3 rings (SSSR count). The number of benzene rings is 1. The lowest BCUT2D eigenvalue weighted by molar-refractivity contribution is -0.136. The number of rotatable bonds is 4. The third-order valence-electron chi connectivity index (χ3n) is 3.24. The SMILES string of the molecule is CCn1cc(-c2nc(CC(=O)O)cs2)c2ccccc21. The highest BCUT2D eigenvalue weighted by Crippen LogP contribution is 2.32. The minimum absolute atomic E-state index is 0.0249. The van der Waals surface area contributed by atoms with E-state index < -0.39 is 5.97 Å². The number of hydrogen-bond donors (Lipinski definition) is 1. The van der Waals surface area contributed by atoms with E-state index in [1.54, 1.807) is 0 Å². The molecule has 3 aromatic rings. The van der Waals surface area contributed by atoms with Gasteiger partial charge in [-0.25, -0.2) is 4.98 Å². The summed E-state index contributed by atoms with van der Waals surface area (Å²) >= 11 is 1.50. The summed E-state index contributed by atoms with van der Waals surface area (Å²) in [6.07, 6.45) is 2.07. The largest absolute Gasteiger partial charge is 0.481 e. The summed E-state index contributed by atoms with van der Waals surface area (Å²) in [5.74, 6) is -0.849. The van der Waals surface area contributed by atoms with Crippen LogP contribution in [0, 0.1) is 0 Å². The van der Waals surface area contributed by atoms with Gasteiger partial charge in [0.25, 0.3) is 0 Å². The van der Waals surface area contributed by atoms with Crippen LogP contribution >= 0.6 is 11.3 Å². The zero-order chi connectivity index (χ0) is 14.1. The Kier molecular flexibility index (Phi) is 3.28.